The number of nitrogens with zero attached hydrogens (tertiary/aromatic N) is 3. The van der Waals surface area contributed by atoms with E-state index in [4.69, 9.17) is 15.8 Å². The molecule has 1 amide bonds. The van der Waals surface area contributed by atoms with Gasteiger partial charge < -0.3 is 15.9 Å². The molecule has 9 nitrogen and oxygen atoms in total. The first-order chi connectivity index (χ1) is 10.0. The minimum absolute atomic E-state index is 0.151. The second-order valence-corrected chi connectivity index (χ2v) is 4.31. The standard InChI is InChI=1S/C12H11N5O4/c13-5-7-3-8(17(19)20)1-2-10(7)15-6-9-4-11(12(14)18)16-21-9/h1-3,9,15H,4,6H2,(H2,14,18)/t9-/m0/s1. The second kappa shape index (κ2) is 5.87. The highest BCUT2D eigenvalue weighted by molar-refractivity contribution is 6.38. The Hall–Kier alpha value is -3.15. The van der Waals surface area contributed by atoms with Gasteiger partial charge in [-0.05, 0) is 6.07 Å². The number of nitro groups is 1. The lowest BCUT2D eigenvalue weighted by atomic mass is 10.1. The van der Waals surface area contributed by atoms with Crippen molar-refractivity contribution in [3.05, 3.63) is 33.9 Å². The lowest BCUT2D eigenvalue weighted by molar-refractivity contribution is -0.384. The number of nitrogens with two attached hydrogens (primary N) is 1. The van der Waals surface area contributed by atoms with Gasteiger partial charge >= 0.3 is 0 Å². The Bertz CT molecular complexity index is 664. The van der Waals surface area contributed by atoms with Crippen molar-refractivity contribution in [3.63, 3.8) is 0 Å². The highest BCUT2D eigenvalue weighted by atomic mass is 16.6. The Morgan fingerprint density at radius 2 is 2.43 bits per heavy atom. The molecular weight excluding hydrogens is 278 g/mol. The van der Waals surface area contributed by atoms with Crippen molar-refractivity contribution in [1.29, 1.82) is 5.26 Å². The first-order valence-corrected chi connectivity index (χ1v) is 5.96. The van der Waals surface area contributed by atoms with Gasteiger partial charge in [-0.3, -0.25) is 14.9 Å². The number of hydrogen-bond acceptors (Lipinski definition) is 7. The van der Waals surface area contributed by atoms with Crippen molar-refractivity contribution in [2.75, 3.05) is 11.9 Å². The molecule has 0 unspecified atom stereocenters. The number of hydrogen-bond donors (Lipinski definition) is 2. The van der Waals surface area contributed by atoms with E-state index < -0.39 is 10.8 Å². The van der Waals surface area contributed by atoms with Gasteiger partial charge in [0.2, 0.25) is 0 Å². The summed E-state index contributed by atoms with van der Waals surface area (Å²) in [4.78, 5) is 26.0. The van der Waals surface area contributed by atoms with Crippen molar-refractivity contribution in [3.8, 4) is 6.07 Å². The summed E-state index contributed by atoms with van der Waals surface area (Å²) in [7, 11) is 0. The molecule has 0 spiro atoms. The number of carbonyl (C=O) groups excluding carboxylic acids is 1. The summed E-state index contributed by atoms with van der Waals surface area (Å²) in [6.07, 6.45) is -0.105. The van der Waals surface area contributed by atoms with Gasteiger partial charge in [0, 0.05) is 18.6 Å². The molecule has 0 saturated heterocycles. The van der Waals surface area contributed by atoms with Crippen molar-refractivity contribution in [1.82, 2.24) is 0 Å². The second-order valence-electron chi connectivity index (χ2n) is 4.31. The van der Waals surface area contributed by atoms with E-state index in [1.165, 1.54) is 18.2 Å². The largest absolute Gasteiger partial charge is 0.390 e. The Morgan fingerprint density at radius 1 is 1.67 bits per heavy atom. The fourth-order valence-electron chi connectivity index (χ4n) is 1.80. The molecule has 21 heavy (non-hydrogen) atoms. The number of non-ortho nitro benzene ring substituents is 1. The minimum Gasteiger partial charge on any atom is -0.390 e. The van der Waals surface area contributed by atoms with Crippen LogP contribution < -0.4 is 11.1 Å². The molecule has 1 aliphatic rings. The number of anilines is 1. The molecule has 1 heterocycles. The molecular formula is C12H11N5O4. The summed E-state index contributed by atoms with van der Waals surface area (Å²) in [6.45, 7) is 0.284. The summed E-state index contributed by atoms with van der Waals surface area (Å²) >= 11 is 0. The Kier molecular flexibility index (Phi) is 3.99. The number of carbonyl (C=O) groups is 1. The SMILES string of the molecule is N#Cc1cc([N+](=O)[O-])ccc1NC[C@@H]1CC(C(N)=O)=NO1. The summed E-state index contributed by atoms with van der Waals surface area (Å²) in [6, 6.07) is 5.81. The molecule has 0 bridgehead atoms. The van der Waals surface area contributed by atoms with Crippen LogP contribution in [0.1, 0.15) is 12.0 Å². The lowest BCUT2D eigenvalue weighted by Crippen LogP contribution is -2.26. The molecule has 1 atom stereocenters. The topological polar surface area (TPSA) is 144 Å². The molecule has 1 aromatic rings. The number of benzene rings is 1. The summed E-state index contributed by atoms with van der Waals surface area (Å²) in [5, 5.41) is 26.1. The number of rotatable bonds is 5. The molecule has 1 aliphatic heterocycles. The predicted octanol–water partition coefficient (Wildman–Crippen LogP) is 0.509. The Morgan fingerprint density at radius 3 is 3.00 bits per heavy atom. The zero-order chi connectivity index (χ0) is 15.4. The molecule has 2 rings (SSSR count). The predicted molar refractivity (Wildman–Crippen MR) is 72.4 cm³/mol. The van der Waals surface area contributed by atoms with Crippen LogP contribution in [0.5, 0.6) is 0 Å². The smallest absolute Gasteiger partial charge is 0.270 e. The molecule has 0 saturated carbocycles. The number of nitriles is 1. The van der Waals surface area contributed by atoms with Gasteiger partial charge in [-0.1, -0.05) is 5.16 Å². The van der Waals surface area contributed by atoms with Gasteiger partial charge in [0.1, 0.15) is 11.8 Å². The summed E-state index contributed by atoms with van der Waals surface area (Å²) in [5.74, 6) is -0.634. The van der Waals surface area contributed by atoms with Crippen LogP contribution in [0.4, 0.5) is 11.4 Å². The molecule has 0 radical (unpaired) electrons. The number of oxime groups is 1. The van der Waals surface area contributed by atoms with E-state index in [0.29, 0.717) is 5.69 Å². The Balaban J connectivity index is 2.00. The average Bonchev–Trinajstić information content (AvgIpc) is 2.93. The van der Waals surface area contributed by atoms with Crippen molar-refractivity contribution in [2.24, 2.45) is 10.9 Å². The zero-order valence-corrected chi connectivity index (χ0v) is 10.8. The number of amides is 1. The van der Waals surface area contributed by atoms with E-state index >= 15 is 0 Å². The summed E-state index contributed by atoms with van der Waals surface area (Å²) in [5.41, 5.74) is 5.68. The monoisotopic (exact) mass is 289 g/mol. The highest BCUT2D eigenvalue weighted by Crippen LogP contribution is 2.22. The quantitative estimate of drug-likeness (QED) is 0.596. The van der Waals surface area contributed by atoms with Gasteiger partial charge in [-0.15, -0.1) is 0 Å². The third-order valence-corrected chi connectivity index (χ3v) is 2.87. The van der Waals surface area contributed by atoms with Crippen LogP contribution in [-0.4, -0.2) is 29.2 Å². The van der Waals surface area contributed by atoms with Crippen LogP contribution in [0.2, 0.25) is 0 Å². The van der Waals surface area contributed by atoms with Gasteiger partial charge in [-0.25, -0.2) is 0 Å². The molecule has 1 aromatic carbocycles. The number of primary amides is 1. The van der Waals surface area contributed by atoms with Crippen LogP contribution in [0.15, 0.2) is 23.4 Å². The average molecular weight is 289 g/mol. The van der Waals surface area contributed by atoms with Gasteiger partial charge in [0.15, 0.2) is 6.10 Å². The lowest BCUT2D eigenvalue weighted by Gasteiger charge is -2.11. The minimum atomic E-state index is -0.634. The molecule has 0 aliphatic carbocycles. The third kappa shape index (κ3) is 3.24. The van der Waals surface area contributed by atoms with E-state index in [1.807, 2.05) is 6.07 Å². The Labute approximate surface area is 119 Å². The van der Waals surface area contributed by atoms with E-state index in [0.717, 1.165) is 0 Å². The van der Waals surface area contributed by atoms with Crippen LogP contribution >= 0.6 is 0 Å². The first-order valence-electron chi connectivity index (χ1n) is 5.96. The third-order valence-electron chi connectivity index (χ3n) is 2.87. The molecule has 108 valence electrons. The van der Waals surface area contributed by atoms with E-state index in [1.54, 1.807) is 0 Å². The van der Waals surface area contributed by atoms with Crippen LogP contribution in [0.25, 0.3) is 0 Å². The number of nitro benzene ring substituents is 1. The van der Waals surface area contributed by atoms with E-state index in [9.17, 15) is 14.9 Å². The maximum Gasteiger partial charge on any atom is 0.270 e. The van der Waals surface area contributed by atoms with Crippen LogP contribution in [0.3, 0.4) is 0 Å². The molecule has 0 fully saturated rings. The van der Waals surface area contributed by atoms with Gasteiger partial charge in [-0.2, -0.15) is 5.26 Å². The zero-order valence-electron chi connectivity index (χ0n) is 10.8. The summed E-state index contributed by atoms with van der Waals surface area (Å²) < 4.78 is 0. The number of nitrogens with one attached hydrogen (secondary N) is 1. The van der Waals surface area contributed by atoms with Crippen molar-refractivity contribution in [2.45, 2.75) is 12.5 Å². The van der Waals surface area contributed by atoms with Gasteiger partial charge in [0.05, 0.1) is 22.7 Å². The van der Waals surface area contributed by atoms with Crippen LogP contribution in [0, 0.1) is 21.4 Å². The van der Waals surface area contributed by atoms with E-state index in [-0.39, 0.29) is 36.0 Å². The molecule has 9 heteroatoms. The highest BCUT2D eigenvalue weighted by Gasteiger charge is 2.24. The molecule has 0 aromatic heterocycles. The van der Waals surface area contributed by atoms with Crippen molar-refractivity contribution < 1.29 is 14.6 Å². The van der Waals surface area contributed by atoms with Crippen molar-refractivity contribution >= 4 is 23.0 Å². The maximum atomic E-state index is 10.9. The fraction of sp³-hybridized carbons (Fsp3) is 0.250. The van der Waals surface area contributed by atoms with Gasteiger partial charge in [0.25, 0.3) is 11.6 Å². The fourth-order valence-corrected chi connectivity index (χ4v) is 1.80. The maximum absolute atomic E-state index is 10.9. The van der Waals surface area contributed by atoms with E-state index in [2.05, 4.69) is 10.5 Å². The normalized spacial score (nSPS) is 16.5. The van der Waals surface area contributed by atoms with Crippen LogP contribution in [-0.2, 0) is 9.63 Å². The first kappa shape index (κ1) is 14.3. The molecule has 3 N–H and O–H groups in total.